The number of likely N-dealkylation sites (tertiary alicyclic amines) is 1. The Hall–Kier alpha value is -1.23. The molecule has 1 N–H and O–H groups in total. The molecule has 0 unspecified atom stereocenters. The third-order valence-corrected chi connectivity index (χ3v) is 2.68. The lowest BCUT2D eigenvalue weighted by Crippen LogP contribution is -2.46. The van der Waals surface area contributed by atoms with Gasteiger partial charge in [0.05, 0.1) is 6.04 Å². The van der Waals surface area contributed by atoms with E-state index >= 15 is 0 Å². The molecule has 0 bridgehead atoms. The van der Waals surface area contributed by atoms with E-state index in [1.807, 2.05) is 11.9 Å². The summed E-state index contributed by atoms with van der Waals surface area (Å²) >= 11 is 0. The molecule has 1 atom stereocenters. The average Bonchev–Trinajstić information content (AvgIpc) is 2.19. The Kier molecular flexibility index (Phi) is 4.42. The van der Waals surface area contributed by atoms with E-state index in [4.69, 9.17) is 5.41 Å². The highest BCUT2D eigenvalue weighted by molar-refractivity contribution is 5.86. The van der Waals surface area contributed by atoms with Crippen LogP contribution in [0.2, 0.25) is 0 Å². The molecule has 1 aliphatic heterocycles. The summed E-state index contributed by atoms with van der Waals surface area (Å²) in [6.45, 7) is 7.54. The number of piperidine rings is 1. The number of hydrogen-bond acceptors (Lipinski definition) is 3. The van der Waals surface area contributed by atoms with Crippen molar-refractivity contribution >= 4 is 18.9 Å². The van der Waals surface area contributed by atoms with Crippen LogP contribution in [0.1, 0.15) is 19.8 Å². The molecule has 1 saturated heterocycles. The fraction of sp³-hybridized carbons (Fsp3) is 0.700. The molecule has 1 rings (SSSR count). The maximum atomic E-state index is 6.94. The topological polar surface area (TPSA) is 55.1 Å². The Balaban J connectivity index is 2.68. The first-order valence-corrected chi connectivity index (χ1v) is 5.16. The number of nitrogens with zero attached hydrogens (tertiary/aromatic N) is 4. The number of likely N-dealkylation sites (N-methyl/N-ethyl adjacent to an activating group) is 1. The molecular formula is C10H19N5. The molecule has 1 aliphatic rings. The molecule has 5 nitrogen and oxygen atoms in total. The molecule has 0 aliphatic carbocycles. The van der Waals surface area contributed by atoms with Gasteiger partial charge in [-0.1, -0.05) is 0 Å². The summed E-state index contributed by atoms with van der Waals surface area (Å²) in [6, 6.07) is 0.338. The molecule has 0 spiro atoms. The van der Waals surface area contributed by atoms with E-state index in [0.717, 1.165) is 31.7 Å². The van der Waals surface area contributed by atoms with Crippen molar-refractivity contribution in [3.8, 4) is 0 Å². The van der Waals surface area contributed by atoms with Crippen molar-refractivity contribution < 1.29 is 0 Å². The lowest BCUT2D eigenvalue weighted by molar-refractivity contribution is 0.169. The number of nitrogens with one attached hydrogen (secondary N) is 1. The lowest BCUT2D eigenvalue weighted by Gasteiger charge is -2.35. The van der Waals surface area contributed by atoms with Gasteiger partial charge in [-0.3, -0.25) is 5.41 Å². The van der Waals surface area contributed by atoms with E-state index in [2.05, 4.69) is 28.8 Å². The van der Waals surface area contributed by atoms with Crippen LogP contribution in [0.25, 0.3) is 0 Å². The quantitative estimate of drug-likeness (QED) is 0.428. The normalized spacial score (nSPS) is 23.6. The van der Waals surface area contributed by atoms with Crippen LogP contribution in [0.5, 0.6) is 0 Å². The molecule has 5 heteroatoms. The highest BCUT2D eigenvalue weighted by Gasteiger charge is 2.23. The first-order chi connectivity index (χ1) is 7.19. The molecule has 1 fully saturated rings. The highest BCUT2D eigenvalue weighted by Crippen LogP contribution is 2.15. The third kappa shape index (κ3) is 3.13. The van der Waals surface area contributed by atoms with Crippen LogP contribution in [-0.4, -0.2) is 55.0 Å². The summed E-state index contributed by atoms with van der Waals surface area (Å²) in [5.41, 5.74) is 0. The number of hydrogen-bond donors (Lipinski definition) is 1. The van der Waals surface area contributed by atoms with E-state index in [0.29, 0.717) is 6.04 Å². The summed E-state index contributed by atoms with van der Waals surface area (Å²) in [7, 11) is 2.11. The first-order valence-electron chi connectivity index (χ1n) is 5.16. The van der Waals surface area contributed by atoms with Gasteiger partial charge in [-0.15, -0.1) is 0 Å². The van der Waals surface area contributed by atoms with Crippen LogP contribution < -0.4 is 0 Å². The second-order valence-corrected chi connectivity index (χ2v) is 3.85. The van der Waals surface area contributed by atoms with E-state index in [1.54, 1.807) is 0 Å². The molecule has 0 aromatic heterocycles. The summed E-state index contributed by atoms with van der Waals surface area (Å²) in [6.07, 6.45) is 3.32. The molecule has 1 heterocycles. The minimum atomic E-state index is 0.338. The highest BCUT2D eigenvalue weighted by atomic mass is 15.5. The smallest absolute Gasteiger partial charge is 0.124 e. The van der Waals surface area contributed by atoms with E-state index in [9.17, 15) is 0 Å². The summed E-state index contributed by atoms with van der Waals surface area (Å²) < 4.78 is 0. The van der Waals surface area contributed by atoms with Gasteiger partial charge in [-0.05, 0) is 33.4 Å². The zero-order chi connectivity index (χ0) is 11.3. The van der Waals surface area contributed by atoms with Gasteiger partial charge < -0.3 is 4.90 Å². The Labute approximate surface area is 91.0 Å². The lowest BCUT2D eigenvalue weighted by atomic mass is 10.1. The fourth-order valence-corrected chi connectivity index (χ4v) is 1.97. The van der Waals surface area contributed by atoms with Crippen LogP contribution in [-0.2, 0) is 0 Å². The summed E-state index contributed by atoms with van der Waals surface area (Å²) in [5.74, 6) is 0.736. The monoisotopic (exact) mass is 209 g/mol. The predicted molar refractivity (Wildman–Crippen MR) is 63.8 cm³/mol. The maximum Gasteiger partial charge on any atom is 0.124 e. The van der Waals surface area contributed by atoms with Crippen molar-refractivity contribution in [1.29, 1.82) is 5.41 Å². The Morgan fingerprint density at radius 1 is 1.67 bits per heavy atom. The van der Waals surface area contributed by atoms with Gasteiger partial charge in [-0.25, -0.2) is 10.0 Å². The van der Waals surface area contributed by atoms with Crippen LogP contribution >= 0.6 is 0 Å². The minimum absolute atomic E-state index is 0.338. The van der Waals surface area contributed by atoms with Crippen molar-refractivity contribution in [1.82, 2.24) is 9.91 Å². The van der Waals surface area contributed by atoms with Crippen molar-refractivity contribution in [2.24, 2.45) is 10.1 Å². The number of aliphatic imine (C=N–C) groups is 1. The number of amidine groups is 1. The summed E-state index contributed by atoms with van der Waals surface area (Å²) in [5, 5.41) is 12.8. The molecule has 0 radical (unpaired) electrons. The van der Waals surface area contributed by atoms with E-state index < -0.39 is 0 Å². The van der Waals surface area contributed by atoms with Gasteiger partial charge in [0.2, 0.25) is 0 Å². The molecule has 0 aromatic rings. The van der Waals surface area contributed by atoms with Crippen molar-refractivity contribution in [2.45, 2.75) is 25.8 Å². The van der Waals surface area contributed by atoms with Gasteiger partial charge in [0.1, 0.15) is 12.2 Å². The maximum absolute atomic E-state index is 6.94. The molecule has 0 aromatic carbocycles. The Bertz CT molecular complexity index is 261. The third-order valence-electron chi connectivity index (χ3n) is 2.68. The van der Waals surface area contributed by atoms with Crippen LogP contribution in [0.15, 0.2) is 10.1 Å². The van der Waals surface area contributed by atoms with Crippen molar-refractivity contribution in [3.05, 3.63) is 0 Å². The molecule has 15 heavy (non-hydrogen) atoms. The van der Waals surface area contributed by atoms with E-state index in [-0.39, 0.29) is 0 Å². The van der Waals surface area contributed by atoms with Crippen LogP contribution in [0.4, 0.5) is 0 Å². The second-order valence-electron chi connectivity index (χ2n) is 3.85. The molecule has 0 amide bonds. The van der Waals surface area contributed by atoms with Crippen molar-refractivity contribution in [2.75, 3.05) is 20.1 Å². The Morgan fingerprint density at radius 2 is 2.40 bits per heavy atom. The number of rotatable bonds is 3. The summed E-state index contributed by atoms with van der Waals surface area (Å²) in [4.78, 5) is 6.21. The molecule has 0 saturated carbocycles. The average molecular weight is 209 g/mol. The largest absolute Gasteiger partial charge is 0.304 e. The standard InChI is InChI=1S/C10H19N5/c1-9(13-8-11)15(12-2)10-5-4-6-14(3)7-10/h8,10-11H,2,4-7H2,1,3H3/b11-8?,13-9+/t10-/m1/s1. The SMILES string of the molecule is C=NN(/C(C)=N/C=N)[C@@H]1CCCN(C)C1. The van der Waals surface area contributed by atoms with E-state index in [1.165, 1.54) is 6.42 Å². The minimum Gasteiger partial charge on any atom is -0.304 e. The zero-order valence-electron chi connectivity index (χ0n) is 9.48. The van der Waals surface area contributed by atoms with Gasteiger partial charge >= 0.3 is 0 Å². The van der Waals surface area contributed by atoms with Gasteiger partial charge in [0, 0.05) is 13.3 Å². The van der Waals surface area contributed by atoms with Crippen molar-refractivity contribution in [3.63, 3.8) is 0 Å². The molecular weight excluding hydrogens is 190 g/mol. The Morgan fingerprint density at radius 3 is 2.93 bits per heavy atom. The first kappa shape index (κ1) is 11.8. The van der Waals surface area contributed by atoms with Crippen LogP contribution in [0, 0.1) is 5.41 Å². The van der Waals surface area contributed by atoms with Gasteiger partial charge in [0.25, 0.3) is 0 Å². The van der Waals surface area contributed by atoms with Gasteiger partial charge in [0.15, 0.2) is 0 Å². The van der Waals surface area contributed by atoms with Crippen LogP contribution in [0.3, 0.4) is 0 Å². The predicted octanol–water partition coefficient (Wildman–Crippen LogP) is 1.02. The van der Waals surface area contributed by atoms with Gasteiger partial charge in [-0.2, -0.15) is 5.10 Å². The second kappa shape index (κ2) is 5.60. The zero-order valence-corrected chi connectivity index (χ0v) is 9.48. The number of hydrazone groups is 1. The fourth-order valence-electron chi connectivity index (χ4n) is 1.97. The molecule has 84 valence electrons.